The molecule has 26 heavy (non-hydrogen) atoms. The Morgan fingerprint density at radius 3 is 2.92 bits per heavy atom. The van der Waals surface area contributed by atoms with Crippen molar-refractivity contribution in [2.75, 3.05) is 6.61 Å². The van der Waals surface area contributed by atoms with Crippen LogP contribution in [-0.2, 0) is 9.53 Å². The molecule has 0 saturated carbocycles. The molecule has 1 N–H and O–H groups in total. The number of carbonyl (C=O) groups is 1. The van der Waals surface area contributed by atoms with E-state index >= 15 is 0 Å². The molecular formula is C17H17ClN4O3S. The van der Waals surface area contributed by atoms with Gasteiger partial charge in [0.05, 0.1) is 18.5 Å². The molecule has 7 nitrogen and oxygen atoms in total. The van der Waals surface area contributed by atoms with Gasteiger partial charge in [0.2, 0.25) is 0 Å². The number of nitrogens with one attached hydrogen (secondary N) is 1. The molecule has 0 saturated heterocycles. The Hall–Kier alpha value is -2.32. The first kappa shape index (κ1) is 18.5. The Kier molecular flexibility index (Phi) is 5.63. The normalized spacial score (nSPS) is 12.3. The Morgan fingerprint density at radius 2 is 2.23 bits per heavy atom. The number of ether oxygens (including phenoxy) is 1. The van der Waals surface area contributed by atoms with Crippen LogP contribution in [0.15, 0.2) is 40.4 Å². The highest BCUT2D eigenvalue weighted by atomic mass is 35.5. The van der Waals surface area contributed by atoms with Crippen molar-refractivity contribution >= 4 is 40.4 Å². The van der Waals surface area contributed by atoms with Gasteiger partial charge < -0.3 is 9.72 Å². The zero-order valence-electron chi connectivity index (χ0n) is 14.2. The maximum atomic E-state index is 12.4. The second kappa shape index (κ2) is 7.92. The van der Waals surface area contributed by atoms with Gasteiger partial charge in [-0.15, -0.1) is 0 Å². The first-order valence-corrected chi connectivity index (χ1v) is 9.36. The molecule has 3 rings (SSSR count). The van der Waals surface area contributed by atoms with Gasteiger partial charge in [0.1, 0.15) is 10.6 Å². The quantitative estimate of drug-likeness (QED) is 0.393. The number of esters is 1. The third-order valence-electron chi connectivity index (χ3n) is 3.64. The van der Waals surface area contributed by atoms with Crippen LogP contribution in [0.3, 0.4) is 0 Å². The topological polar surface area (TPSA) is 89.9 Å². The van der Waals surface area contributed by atoms with Crippen molar-refractivity contribution in [3.8, 4) is 5.69 Å². The van der Waals surface area contributed by atoms with Crippen LogP contribution in [0, 0.1) is 0 Å². The molecule has 0 aliphatic heterocycles. The predicted molar refractivity (Wildman–Crippen MR) is 101 cm³/mol. The summed E-state index contributed by atoms with van der Waals surface area (Å²) in [6.07, 6.45) is 2.01. The minimum atomic E-state index is -0.446. The number of fused-ring (bicyclic) bond motifs is 1. The Bertz CT molecular complexity index is 1000. The number of rotatable bonds is 6. The van der Waals surface area contributed by atoms with Gasteiger partial charge >= 0.3 is 5.97 Å². The number of carbonyl (C=O) groups excluding carboxylic acids is 1. The van der Waals surface area contributed by atoms with E-state index in [0.29, 0.717) is 39.9 Å². The van der Waals surface area contributed by atoms with Crippen molar-refractivity contribution in [1.82, 2.24) is 19.7 Å². The molecule has 136 valence electrons. The standard InChI is InChI=1S/C17H17ClN4O3S/c1-3-13(16(24)25-4-2)26-17-20-14-12(15(23)21-17)9-19-22(14)11-7-5-6-10(18)8-11/h5-9,13H,3-4H2,1-2H3,(H,20,21,23). The van der Waals surface area contributed by atoms with E-state index in [4.69, 9.17) is 16.3 Å². The predicted octanol–water partition coefficient (Wildman–Crippen LogP) is 3.20. The van der Waals surface area contributed by atoms with E-state index in [-0.39, 0.29) is 11.5 Å². The fraction of sp³-hybridized carbons (Fsp3) is 0.294. The molecule has 2 aromatic heterocycles. The van der Waals surface area contributed by atoms with E-state index < -0.39 is 5.25 Å². The molecule has 0 radical (unpaired) electrons. The Labute approximate surface area is 158 Å². The first-order chi connectivity index (χ1) is 12.5. The molecule has 0 bridgehead atoms. The lowest BCUT2D eigenvalue weighted by Gasteiger charge is -2.12. The van der Waals surface area contributed by atoms with E-state index in [1.54, 1.807) is 29.8 Å². The second-order valence-corrected chi connectivity index (χ2v) is 7.04. The smallest absolute Gasteiger partial charge is 0.319 e. The van der Waals surface area contributed by atoms with Crippen molar-refractivity contribution in [1.29, 1.82) is 0 Å². The first-order valence-electron chi connectivity index (χ1n) is 8.10. The molecule has 3 aromatic rings. The molecule has 0 aliphatic carbocycles. The summed E-state index contributed by atoms with van der Waals surface area (Å²) >= 11 is 7.21. The van der Waals surface area contributed by atoms with Gasteiger partial charge in [-0.05, 0) is 31.5 Å². The van der Waals surface area contributed by atoms with Crippen LogP contribution in [0.4, 0.5) is 0 Å². The highest BCUT2D eigenvalue weighted by Crippen LogP contribution is 2.24. The van der Waals surface area contributed by atoms with E-state index in [9.17, 15) is 9.59 Å². The van der Waals surface area contributed by atoms with Crippen molar-refractivity contribution in [2.45, 2.75) is 30.7 Å². The molecule has 1 unspecified atom stereocenters. The van der Waals surface area contributed by atoms with E-state index in [2.05, 4.69) is 15.1 Å². The van der Waals surface area contributed by atoms with Gasteiger partial charge in [-0.25, -0.2) is 9.67 Å². The lowest BCUT2D eigenvalue weighted by molar-refractivity contribution is -0.142. The van der Waals surface area contributed by atoms with Gasteiger partial charge in [0, 0.05) is 5.02 Å². The van der Waals surface area contributed by atoms with Crippen LogP contribution in [-0.4, -0.2) is 37.6 Å². The average molecular weight is 393 g/mol. The number of hydrogen-bond donors (Lipinski definition) is 1. The lowest BCUT2D eigenvalue weighted by atomic mass is 10.3. The van der Waals surface area contributed by atoms with Crippen molar-refractivity contribution in [3.05, 3.63) is 45.8 Å². The van der Waals surface area contributed by atoms with Crippen LogP contribution >= 0.6 is 23.4 Å². The number of thioether (sulfide) groups is 1. The fourth-order valence-electron chi connectivity index (χ4n) is 2.42. The van der Waals surface area contributed by atoms with Gasteiger partial charge in [-0.3, -0.25) is 9.59 Å². The van der Waals surface area contributed by atoms with Crippen LogP contribution in [0.2, 0.25) is 5.02 Å². The highest BCUT2D eigenvalue weighted by Gasteiger charge is 2.21. The molecular weight excluding hydrogens is 376 g/mol. The van der Waals surface area contributed by atoms with E-state index in [0.717, 1.165) is 0 Å². The number of aromatic nitrogens is 4. The van der Waals surface area contributed by atoms with Gasteiger partial charge in [-0.2, -0.15) is 5.10 Å². The summed E-state index contributed by atoms with van der Waals surface area (Å²) < 4.78 is 6.61. The maximum Gasteiger partial charge on any atom is 0.319 e. The third-order valence-corrected chi connectivity index (χ3v) is 5.11. The zero-order chi connectivity index (χ0) is 18.7. The van der Waals surface area contributed by atoms with Crippen molar-refractivity contribution < 1.29 is 9.53 Å². The van der Waals surface area contributed by atoms with Gasteiger partial charge in [0.25, 0.3) is 5.56 Å². The molecule has 9 heteroatoms. The molecule has 1 aromatic carbocycles. The molecule has 0 amide bonds. The monoisotopic (exact) mass is 392 g/mol. The average Bonchev–Trinajstić information content (AvgIpc) is 3.04. The molecule has 1 atom stereocenters. The Balaban J connectivity index is 2.02. The van der Waals surface area contributed by atoms with Gasteiger partial charge in [0.15, 0.2) is 10.8 Å². The fourth-order valence-corrected chi connectivity index (χ4v) is 3.49. The molecule has 0 aliphatic rings. The van der Waals surface area contributed by atoms with E-state index in [1.165, 1.54) is 18.0 Å². The molecule has 0 spiro atoms. The summed E-state index contributed by atoms with van der Waals surface area (Å²) in [6, 6.07) is 7.10. The second-order valence-electron chi connectivity index (χ2n) is 5.41. The summed E-state index contributed by atoms with van der Waals surface area (Å²) in [4.78, 5) is 31.6. The number of H-pyrrole nitrogens is 1. The third kappa shape index (κ3) is 3.76. The summed E-state index contributed by atoms with van der Waals surface area (Å²) in [6.45, 7) is 3.94. The van der Waals surface area contributed by atoms with Crippen molar-refractivity contribution in [3.63, 3.8) is 0 Å². The highest BCUT2D eigenvalue weighted by molar-refractivity contribution is 8.00. The number of benzene rings is 1. The summed E-state index contributed by atoms with van der Waals surface area (Å²) in [5.74, 6) is -0.328. The Morgan fingerprint density at radius 1 is 1.42 bits per heavy atom. The molecule has 2 heterocycles. The number of hydrogen-bond acceptors (Lipinski definition) is 6. The van der Waals surface area contributed by atoms with Gasteiger partial charge in [-0.1, -0.05) is 36.4 Å². The molecule has 0 fully saturated rings. The number of aromatic amines is 1. The van der Waals surface area contributed by atoms with E-state index in [1.807, 2.05) is 13.0 Å². The van der Waals surface area contributed by atoms with Crippen molar-refractivity contribution in [2.24, 2.45) is 0 Å². The number of halogens is 1. The maximum absolute atomic E-state index is 12.4. The van der Waals surface area contributed by atoms with Crippen LogP contribution < -0.4 is 5.56 Å². The minimum Gasteiger partial charge on any atom is -0.465 e. The minimum absolute atomic E-state index is 0.306. The largest absolute Gasteiger partial charge is 0.465 e. The zero-order valence-corrected chi connectivity index (χ0v) is 15.8. The number of nitrogens with zero attached hydrogens (tertiary/aromatic N) is 3. The summed E-state index contributed by atoms with van der Waals surface area (Å²) in [7, 11) is 0. The van der Waals surface area contributed by atoms with Crippen LogP contribution in [0.25, 0.3) is 16.7 Å². The lowest BCUT2D eigenvalue weighted by Crippen LogP contribution is -2.20. The summed E-state index contributed by atoms with van der Waals surface area (Å²) in [5.41, 5.74) is 0.778. The van der Waals surface area contributed by atoms with Crippen LogP contribution in [0.5, 0.6) is 0 Å². The van der Waals surface area contributed by atoms with Crippen LogP contribution in [0.1, 0.15) is 20.3 Å². The summed E-state index contributed by atoms with van der Waals surface area (Å²) in [5, 5.41) is 5.05. The SMILES string of the molecule is CCOC(=O)C(CC)Sc1nc2c(cnn2-c2cccc(Cl)c2)c(=O)[nH]1.